The summed E-state index contributed by atoms with van der Waals surface area (Å²) in [7, 11) is -0.557. The maximum absolute atomic E-state index is 11.0. The molecule has 4 aromatic rings. The first-order chi connectivity index (χ1) is 24.8. The molecular weight excluding hydrogens is 658 g/mol. The standard InChI is InChI=1S/C35H30B2N4O10/c1-22(42)44-15-17-46-34-30(38-3)9-11-32(40-34)49-26-5-7-28-24(19-26)13-14-36(28)51-37-29-8-6-27(20-25(29)21-48-37)50-33-12-10-31(39-4)35(41-33)47-18-16-45-23(2)43/h5-12,19-20H,13-18,21H2,1-2H3. The normalized spacial score (nSPS) is 12.6. The van der Waals surface area contributed by atoms with Gasteiger partial charge in [0.15, 0.2) is 0 Å². The number of hydrogen-bond donors (Lipinski definition) is 0. The average Bonchev–Trinajstić information content (AvgIpc) is 3.71. The lowest BCUT2D eigenvalue weighted by Crippen LogP contribution is -2.42. The number of hydrogen-bond acceptors (Lipinski definition) is 12. The molecule has 2 aromatic carbocycles. The van der Waals surface area contributed by atoms with Crippen LogP contribution in [0, 0.1) is 13.1 Å². The smallest absolute Gasteiger partial charge is 0.479 e. The summed E-state index contributed by atoms with van der Waals surface area (Å²) in [6.45, 7) is 17.7. The molecule has 0 amide bonds. The van der Waals surface area contributed by atoms with Crippen LogP contribution in [0.5, 0.6) is 35.0 Å². The number of nitrogens with zero attached hydrogens (tertiary/aromatic N) is 4. The zero-order valence-corrected chi connectivity index (χ0v) is 27.7. The van der Waals surface area contributed by atoms with Crippen LogP contribution in [0.4, 0.5) is 11.4 Å². The van der Waals surface area contributed by atoms with E-state index in [0.29, 0.717) is 18.1 Å². The summed E-state index contributed by atoms with van der Waals surface area (Å²) >= 11 is 0. The molecule has 2 aliphatic heterocycles. The summed E-state index contributed by atoms with van der Waals surface area (Å²) in [4.78, 5) is 37.5. The molecule has 6 rings (SSSR count). The highest BCUT2D eigenvalue weighted by Crippen LogP contribution is 2.33. The van der Waals surface area contributed by atoms with E-state index in [4.69, 9.17) is 50.8 Å². The van der Waals surface area contributed by atoms with Crippen molar-refractivity contribution in [1.29, 1.82) is 0 Å². The van der Waals surface area contributed by atoms with Crippen LogP contribution >= 0.6 is 0 Å². The lowest BCUT2D eigenvalue weighted by atomic mass is 9.59. The molecule has 0 fully saturated rings. The number of carbonyl (C=O) groups excluding carboxylic acids is 2. The molecule has 0 spiro atoms. The molecule has 0 bridgehead atoms. The van der Waals surface area contributed by atoms with E-state index in [1.54, 1.807) is 30.3 Å². The summed E-state index contributed by atoms with van der Waals surface area (Å²) in [5.41, 5.74) is 4.38. The van der Waals surface area contributed by atoms with E-state index < -0.39 is 19.1 Å². The van der Waals surface area contributed by atoms with Crippen molar-refractivity contribution in [1.82, 2.24) is 9.97 Å². The van der Waals surface area contributed by atoms with Gasteiger partial charge in [-0.3, -0.25) is 9.59 Å². The number of carbonyl (C=O) groups is 2. The Morgan fingerprint density at radius 2 is 1.29 bits per heavy atom. The number of pyridine rings is 2. The Balaban J connectivity index is 1.06. The minimum absolute atomic E-state index is 0.0355. The second-order valence-electron chi connectivity index (χ2n) is 11.3. The number of fused-ring (bicyclic) bond motifs is 2. The molecule has 2 aromatic heterocycles. The monoisotopic (exact) mass is 688 g/mol. The molecule has 2 aliphatic rings. The Morgan fingerprint density at radius 1 is 0.745 bits per heavy atom. The first-order valence-corrected chi connectivity index (χ1v) is 16.0. The van der Waals surface area contributed by atoms with Gasteiger partial charge in [0.25, 0.3) is 0 Å². The molecule has 14 nitrogen and oxygen atoms in total. The van der Waals surface area contributed by atoms with Gasteiger partial charge in [0.1, 0.15) is 37.9 Å². The van der Waals surface area contributed by atoms with Crippen LogP contribution < -0.4 is 29.9 Å². The van der Waals surface area contributed by atoms with Crippen LogP contribution in [0.15, 0.2) is 60.7 Å². The van der Waals surface area contributed by atoms with Gasteiger partial charge in [0.05, 0.1) is 19.8 Å². The third kappa shape index (κ3) is 8.75. The maximum atomic E-state index is 11.0. The van der Waals surface area contributed by atoms with Gasteiger partial charge in [-0.2, -0.15) is 9.97 Å². The van der Waals surface area contributed by atoms with Gasteiger partial charge in [-0.25, -0.2) is 9.69 Å². The van der Waals surface area contributed by atoms with E-state index in [0.717, 1.165) is 34.8 Å². The number of aromatic nitrogens is 2. The fraction of sp³-hybridized carbons (Fsp3) is 0.257. The predicted molar refractivity (Wildman–Crippen MR) is 183 cm³/mol. The highest BCUT2D eigenvalue weighted by molar-refractivity contribution is 6.79. The first-order valence-electron chi connectivity index (χ1n) is 16.0. The largest absolute Gasteiger partial charge is 0.483 e. The van der Waals surface area contributed by atoms with E-state index in [2.05, 4.69) is 19.7 Å². The third-order valence-electron chi connectivity index (χ3n) is 7.75. The second-order valence-corrected chi connectivity index (χ2v) is 11.3. The van der Waals surface area contributed by atoms with Gasteiger partial charge in [-0.05, 0) is 83.3 Å². The van der Waals surface area contributed by atoms with E-state index in [1.165, 1.54) is 13.8 Å². The Hall–Kier alpha value is -6.09. The molecule has 51 heavy (non-hydrogen) atoms. The second kappa shape index (κ2) is 16.1. The molecule has 16 heteroatoms. The van der Waals surface area contributed by atoms with E-state index in [9.17, 15) is 9.59 Å². The Labute approximate surface area is 294 Å². The van der Waals surface area contributed by atoms with E-state index in [-0.39, 0.29) is 68.2 Å². The quantitative estimate of drug-likeness (QED) is 0.0782. The Kier molecular flexibility index (Phi) is 11.0. The topological polar surface area (TPSA) is 142 Å². The minimum atomic E-state index is -0.557. The fourth-order valence-electron chi connectivity index (χ4n) is 5.49. The van der Waals surface area contributed by atoms with E-state index >= 15 is 0 Å². The molecule has 0 radical (unpaired) electrons. The van der Waals surface area contributed by atoms with Gasteiger partial charge in [-0.1, -0.05) is 12.1 Å². The van der Waals surface area contributed by atoms with Crippen LogP contribution in [-0.4, -0.2) is 62.4 Å². The maximum Gasteiger partial charge on any atom is 0.479 e. The van der Waals surface area contributed by atoms with Crippen LogP contribution in [0.1, 0.15) is 25.0 Å². The highest BCUT2D eigenvalue weighted by atomic mass is 16.6. The fourth-order valence-corrected chi connectivity index (χ4v) is 5.49. The molecular formula is C35H30B2N4O10. The number of ether oxygens (including phenoxy) is 6. The number of benzene rings is 2. The van der Waals surface area contributed by atoms with Crippen LogP contribution in [-0.2, 0) is 41.3 Å². The van der Waals surface area contributed by atoms with Crippen molar-refractivity contribution in [3.05, 3.63) is 94.6 Å². The zero-order valence-electron chi connectivity index (χ0n) is 27.7. The zero-order chi connectivity index (χ0) is 35.7. The SMILES string of the molecule is [C-]#[N+]c1ccc(Oc2ccc3c(c2)CCB3OB2OCc3cc(Oc4ccc([N+]#[C-])c(OCCOC(C)=O)n4)ccc32)nc1OCCOC(C)=O. The van der Waals surface area contributed by atoms with Crippen molar-refractivity contribution in [3.8, 4) is 35.0 Å². The lowest BCUT2D eigenvalue weighted by Gasteiger charge is -2.15. The van der Waals surface area contributed by atoms with Gasteiger partial charge in [-0.15, -0.1) is 0 Å². The highest BCUT2D eigenvalue weighted by Gasteiger charge is 2.38. The summed E-state index contributed by atoms with van der Waals surface area (Å²) in [5.74, 6) is 0.954. The van der Waals surface area contributed by atoms with Crippen molar-refractivity contribution in [2.45, 2.75) is 33.2 Å². The van der Waals surface area contributed by atoms with Crippen LogP contribution in [0.25, 0.3) is 9.69 Å². The molecule has 0 saturated carbocycles. The molecule has 0 atom stereocenters. The first kappa shape index (κ1) is 34.8. The number of esters is 2. The van der Waals surface area contributed by atoms with Gasteiger partial charge in [0.2, 0.25) is 34.9 Å². The van der Waals surface area contributed by atoms with Crippen molar-refractivity contribution >= 4 is 48.3 Å². The summed E-state index contributed by atoms with van der Waals surface area (Å²) < 4.78 is 45.3. The minimum Gasteiger partial charge on any atom is -0.483 e. The van der Waals surface area contributed by atoms with Gasteiger partial charge < -0.3 is 37.6 Å². The van der Waals surface area contributed by atoms with Crippen molar-refractivity contribution in [3.63, 3.8) is 0 Å². The summed E-state index contributed by atoms with van der Waals surface area (Å²) in [6.07, 6.45) is 1.55. The third-order valence-corrected chi connectivity index (χ3v) is 7.75. The van der Waals surface area contributed by atoms with Crippen molar-refractivity contribution < 1.29 is 47.2 Å². The Morgan fingerprint density at radius 3 is 1.84 bits per heavy atom. The molecule has 256 valence electrons. The predicted octanol–water partition coefficient (Wildman–Crippen LogP) is 4.74. The number of rotatable bonds is 14. The average molecular weight is 688 g/mol. The van der Waals surface area contributed by atoms with Crippen molar-refractivity contribution in [2.75, 3.05) is 26.4 Å². The molecule has 0 unspecified atom stereocenters. The van der Waals surface area contributed by atoms with Crippen LogP contribution in [0.2, 0.25) is 6.32 Å². The van der Waals surface area contributed by atoms with E-state index in [1.807, 2.05) is 30.3 Å². The number of aryl methyl sites for hydroxylation is 1. The summed E-state index contributed by atoms with van der Waals surface area (Å²) in [5, 5.41) is 0. The Bertz CT molecular complexity index is 1890. The lowest BCUT2D eigenvalue weighted by molar-refractivity contribution is -0.142. The van der Waals surface area contributed by atoms with Crippen LogP contribution in [0.3, 0.4) is 0 Å². The molecule has 0 N–H and O–H groups in total. The molecule has 4 heterocycles. The summed E-state index contributed by atoms with van der Waals surface area (Å²) in [6, 6.07) is 17.6. The van der Waals surface area contributed by atoms with Crippen molar-refractivity contribution in [2.24, 2.45) is 0 Å². The molecule has 0 saturated heterocycles. The van der Waals surface area contributed by atoms with Gasteiger partial charge in [0, 0.05) is 13.8 Å². The van der Waals surface area contributed by atoms with Gasteiger partial charge >= 0.3 is 26.0 Å². The molecule has 0 aliphatic carbocycles.